The monoisotopic (exact) mass is 340 g/mol. The van der Waals surface area contributed by atoms with Crippen LogP contribution in [0.15, 0.2) is 54.4 Å². The molecule has 0 bridgehead atoms. The van der Waals surface area contributed by atoms with Crippen molar-refractivity contribution >= 4 is 28.5 Å². The third-order valence-corrected chi connectivity index (χ3v) is 4.07. The molecule has 1 N–H and O–H groups in total. The van der Waals surface area contributed by atoms with Crippen LogP contribution in [0.1, 0.15) is 12.5 Å². The first kappa shape index (κ1) is 15.9. The summed E-state index contributed by atoms with van der Waals surface area (Å²) in [5.74, 6) is -0.594. The largest absolute Gasteiger partial charge is 0.297 e. The van der Waals surface area contributed by atoms with Crippen LogP contribution in [0.25, 0.3) is 16.6 Å². The molecule has 0 saturated carbocycles. The molecule has 2 heterocycles. The van der Waals surface area contributed by atoms with Gasteiger partial charge in [-0.05, 0) is 42.8 Å². The first-order chi connectivity index (χ1) is 11.6. The third kappa shape index (κ3) is 3.88. The number of rotatable bonds is 4. The molecule has 0 aliphatic carbocycles. The van der Waals surface area contributed by atoms with Gasteiger partial charge in [-0.2, -0.15) is 0 Å². The predicted molar refractivity (Wildman–Crippen MR) is 91.8 cm³/mol. The number of nitrogens with zero attached hydrogens (tertiary/aromatic N) is 3. The van der Waals surface area contributed by atoms with E-state index in [0.29, 0.717) is 15.7 Å². The van der Waals surface area contributed by atoms with Gasteiger partial charge in [0.05, 0.1) is 0 Å². The summed E-state index contributed by atoms with van der Waals surface area (Å²) in [5.41, 5.74) is 2.13. The fourth-order valence-electron chi connectivity index (χ4n) is 1.96. The Bertz CT molecular complexity index is 875. The Hall–Kier alpha value is -2.93. The number of nitrogens with one attached hydrogen (secondary N) is 1. The molecule has 120 valence electrons. The highest BCUT2D eigenvalue weighted by molar-refractivity contribution is 7.18. The fraction of sp³-hybridized carbons (Fsp3) is 0.0588. The minimum atomic E-state index is -0.313. The zero-order chi connectivity index (χ0) is 16.9. The highest BCUT2D eigenvalue weighted by Crippen LogP contribution is 2.25. The fourth-order valence-corrected chi connectivity index (χ4v) is 2.70. The van der Waals surface area contributed by atoms with Gasteiger partial charge in [-0.25, -0.2) is 4.39 Å². The van der Waals surface area contributed by atoms with Crippen LogP contribution in [-0.4, -0.2) is 21.1 Å². The summed E-state index contributed by atoms with van der Waals surface area (Å²) < 4.78 is 12.9. The summed E-state index contributed by atoms with van der Waals surface area (Å²) in [4.78, 5) is 16.2. The molecule has 0 saturated heterocycles. The molecular formula is C17H13FN4OS. The summed E-state index contributed by atoms with van der Waals surface area (Å²) in [7, 11) is 0. The molecule has 0 atom stereocenters. The van der Waals surface area contributed by atoms with Gasteiger partial charge in [0, 0.05) is 23.5 Å². The molecule has 0 aliphatic heterocycles. The van der Waals surface area contributed by atoms with Crippen molar-refractivity contribution in [1.82, 2.24) is 15.2 Å². The number of aromatic nitrogens is 3. The van der Waals surface area contributed by atoms with Crippen LogP contribution in [0.3, 0.4) is 0 Å². The number of amides is 1. The predicted octanol–water partition coefficient (Wildman–Crippen LogP) is 3.78. The van der Waals surface area contributed by atoms with Crippen LogP contribution in [0.4, 0.5) is 9.52 Å². The summed E-state index contributed by atoms with van der Waals surface area (Å²) in [6.45, 7) is 1.68. The Morgan fingerprint density at radius 2 is 1.83 bits per heavy atom. The number of hydrogen-bond acceptors (Lipinski definition) is 5. The zero-order valence-electron chi connectivity index (χ0n) is 12.7. The van der Waals surface area contributed by atoms with E-state index in [1.165, 1.54) is 23.5 Å². The molecule has 2 aromatic heterocycles. The lowest BCUT2D eigenvalue weighted by Crippen LogP contribution is -2.12. The van der Waals surface area contributed by atoms with Gasteiger partial charge in [0.2, 0.25) is 5.13 Å². The second-order valence-electron chi connectivity index (χ2n) is 4.98. The van der Waals surface area contributed by atoms with E-state index in [2.05, 4.69) is 20.5 Å². The Morgan fingerprint density at radius 3 is 2.54 bits per heavy atom. The number of hydrogen-bond donors (Lipinski definition) is 1. The molecule has 1 amide bonds. The van der Waals surface area contributed by atoms with Crippen LogP contribution in [-0.2, 0) is 4.79 Å². The molecule has 5 nitrogen and oxygen atoms in total. The highest BCUT2D eigenvalue weighted by atomic mass is 32.1. The van der Waals surface area contributed by atoms with Gasteiger partial charge in [-0.3, -0.25) is 15.1 Å². The quantitative estimate of drug-likeness (QED) is 0.734. The smallest absolute Gasteiger partial charge is 0.253 e. The van der Waals surface area contributed by atoms with Gasteiger partial charge in [0.15, 0.2) is 0 Å². The minimum absolute atomic E-state index is 0.281. The van der Waals surface area contributed by atoms with E-state index in [9.17, 15) is 9.18 Å². The number of anilines is 1. The maximum atomic E-state index is 12.9. The molecule has 3 rings (SSSR count). The minimum Gasteiger partial charge on any atom is -0.297 e. The van der Waals surface area contributed by atoms with Crippen LogP contribution in [0.2, 0.25) is 0 Å². The number of halogens is 1. The summed E-state index contributed by atoms with van der Waals surface area (Å²) >= 11 is 1.28. The van der Waals surface area contributed by atoms with Crippen LogP contribution >= 0.6 is 11.3 Å². The average Bonchev–Trinajstić information content (AvgIpc) is 3.06. The summed E-state index contributed by atoms with van der Waals surface area (Å²) in [6.07, 6.45) is 5.02. The molecule has 24 heavy (non-hydrogen) atoms. The van der Waals surface area contributed by atoms with Crippen LogP contribution in [0.5, 0.6) is 0 Å². The number of benzene rings is 1. The maximum absolute atomic E-state index is 12.9. The molecule has 7 heteroatoms. The molecule has 0 aliphatic rings. The number of pyridine rings is 1. The third-order valence-electron chi connectivity index (χ3n) is 3.18. The summed E-state index contributed by atoms with van der Waals surface area (Å²) in [6, 6.07) is 9.57. The van der Waals surface area contributed by atoms with E-state index in [1.54, 1.807) is 37.5 Å². The van der Waals surface area contributed by atoms with Gasteiger partial charge in [0.25, 0.3) is 5.91 Å². The Morgan fingerprint density at radius 1 is 1.12 bits per heavy atom. The molecule has 0 radical (unpaired) electrons. The maximum Gasteiger partial charge on any atom is 0.253 e. The van der Waals surface area contributed by atoms with Gasteiger partial charge in [0.1, 0.15) is 10.8 Å². The van der Waals surface area contributed by atoms with E-state index in [-0.39, 0.29) is 11.7 Å². The second-order valence-corrected chi connectivity index (χ2v) is 5.96. The lowest BCUT2D eigenvalue weighted by Gasteiger charge is -2.01. The normalized spacial score (nSPS) is 11.3. The van der Waals surface area contributed by atoms with Crippen molar-refractivity contribution in [2.45, 2.75) is 6.92 Å². The molecule has 0 spiro atoms. The van der Waals surface area contributed by atoms with Gasteiger partial charge >= 0.3 is 0 Å². The van der Waals surface area contributed by atoms with E-state index >= 15 is 0 Å². The van der Waals surface area contributed by atoms with E-state index in [4.69, 9.17) is 0 Å². The molecule has 3 aromatic rings. The molecule has 1 aromatic carbocycles. The SMILES string of the molecule is C/C(=C\c1ccc(F)cc1)C(=O)Nc1nnc(-c2ccncc2)s1. The number of carbonyl (C=O) groups is 1. The average molecular weight is 340 g/mol. The van der Waals surface area contributed by atoms with E-state index < -0.39 is 0 Å². The molecule has 0 fully saturated rings. The van der Waals surface area contributed by atoms with Crippen LogP contribution < -0.4 is 5.32 Å². The molecule has 0 unspecified atom stereocenters. The van der Waals surface area contributed by atoms with Crippen molar-refractivity contribution in [1.29, 1.82) is 0 Å². The van der Waals surface area contributed by atoms with Crippen molar-refractivity contribution in [3.8, 4) is 10.6 Å². The lowest BCUT2D eigenvalue weighted by atomic mass is 10.1. The Labute approximate surface area is 141 Å². The van der Waals surface area contributed by atoms with Crippen molar-refractivity contribution in [2.24, 2.45) is 0 Å². The van der Waals surface area contributed by atoms with E-state index in [0.717, 1.165) is 11.1 Å². The molecular weight excluding hydrogens is 327 g/mol. The van der Waals surface area contributed by atoms with Gasteiger partial charge in [-0.1, -0.05) is 23.5 Å². The second kappa shape index (κ2) is 7.10. The standard InChI is InChI=1S/C17H13FN4OS/c1-11(10-12-2-4-14(18)5-3-12)15(23)20-17-22-21-16(24-17)13-6-8-19-9-7-13/h2-10H,1H3,(H,20,22,23)/b11-10+. The van der Waals surface area contributed by atoms with E-state index in [1.807, 2.05) is 12.1 Å². The summed E-state index contributed by atoms with van der Waals surface area (Å²) in [5, 5.41) is 11.9. The van der Waals surface area contributed by atoms with Gasteiger partial charge in [-0.15, -0.1) is 10.2 Å². The van der Waals surface area contributed by atoms with Crippen LogP contribution in [0, 0.1) is 5.82 Å². The van der Waals surface area contributed by atoms with Crippen molar-refractivity contribution in [3.63, 3.8) is 0 Å². The van der Waals surface area contributed by atoms with Gasteiger partial charge < -0.3 is 0 Å². The van der Waals surface area contributed by atoms with Crippen molar-refractivity contribution in [2.75, 3.05) is 5.32 Å². The highest BCUT2D eigenvalue weighted by Gasteiger charge is 2.11. The first-order valence-corrected chi connectivity index (χ1v) is 7.92. The Balaban J connectivity index is 1.70. The topological polar surface area (TPSA) is 67.8 Å². The van der Waals surface area contributed by atoms with Crippen molar-refractivity contribution in [3.05, 3.63) is 65.7 Å². The van der Waals surface area contributed by atoms with Crippen molar-refractivity contribution < 1.29 is 9.18 Å². The Kier molecular flexibility index (Phi) is 4.72. The number of carbonyl (C=O) groups excluding carboxylic acids is 1. The lowest BCUT2D eigenvalue weighted by molar-refractivity contribution is -0.112. The zero-order valence-corrected chi connectivity index (χ0v) is 13.5. The first-order valence-electron chi connectivity index (χ1n) is 7.11.